The first-order valence-electron chi connectivity index (χ1n) is 5.08. The van der Waals surface area contributed by atoms with Crippen LogP contribution in [0.1, 0.15) is 40.0 Å². The summed E-state index contributed by atoms with van der Waals surface area (Å²) >= 11 is 0. The molecule has 0 amide bonds. The Labute approximate surface area is 75.8 Å². The van der Waals surface area contributed by atoms with Crippen LogP contribution in [0.2, 0.25) is 0 Å². The fraction of sp³-hybridized carbons (Fsp3) is 0.909. The molecule has 3 atom stereocenters. The van der Waals surface area contributed by atoms with Crippen molar-refractivity contribution in [2.75, 3.05) is 0 Å². The molecule has 1 nitrogen and oxygen atoms in total. The smallest absolute Gasteiger partial charge is 0.0658 e. The Hall–Kier alpha value is -0.510. The van der Waals surface area contributed by atoms with Gasteiger partial charge in [0.25, 0.3) is 0 Å². The molecule has 1 fully saturated rings. The second-order valence-corrected chi connectivity index (χ2v) is 4.38. The summed E-state index contributed by atoms with van der Waals surface area (Å²) in [6.45, 7) is 6.76. The van der Waals surface area contributed by atoms with Crippen LogP contribution in [-0.4, -0.2) is 0 Å². The van der Waals surface area contributed by atoms with Gasteiger partial charge in [-0.25, -0.2) is 0 Å². The zero-order valence-corrected chi connectivity index (χ0v) is 8.38. The Balaban J connectivity index is 2.54. The summed E-state index contributed by atoms with van der Waals surface area (Å²) in [5.74, 6) is 2.60. The molecule has 0 aliphatic heterocycles. The molecule has 0 spiro atoms. The van der Waals surface area contributed by atoms with Gasteiger partial charge in [-0.15, -0.1) is 0 Å². The summed E-state index contributed by atoms with van der Waals surface area (Å²) in [5.41, 5.74) is 0. The molecule has 1 aliphatic carbocycles. The third-order valence-electron chi connectivity index (χ3n) is 3.36. The molecule has 1 rings (SSSR count). The van der Waals surface area contributed by atoms with E-state index in [4.69, 9.17) is 5.26 Å². The molecule has 0 heterocycles. The quantitative estimate of drug-likeness (QED) is 0.616. The molecular formula is C11H19N. The summed E-state index contributed by atoms with van der Waals surface area (Å²) in [4.78, 5) is 0. The van der Waals surface area contributed by atoms with Crippen molar-refractivity contribution in [2.24, 2.45) is 23.7 Å². The van der Waals surface area contributed by atoms with Crippen molar-refractivity contribution in [1.29, 1.82) is 5.26 Å². The molecule has 0 N–H and O–H groups in total. The molecule has 12 heavy (non-hydrogen) atoms. The van der Waals surface area contributed by atoms with E-state index in [0.29, 0.717) is 11.8 Å². The topological polar surface area (TPSA) is 23.8 Å². The molecule has 0 aromatic carbocycles. The standard InChI is InChI=1S/C11H19N/c1-4-9-5-10(8(2)3)6-11(9)7-12/h8-11H,4-6H2,1-3H3. The number of hydrogen-bond donors (Lipinski definition) is 0. The van der Waals surface area contributed by atoms with Crippen molar-refractivity contribution >= 4 is 0 Å². The van der Waals surface area contributed by atoms with Crippen molar-refractivity contribution in [1.82, 2.24) is 0 Å². The van der Waals surface area contributed by atoms with E-state index in [2.05, 4.69) is 26.8 Å². The van der Waals surface area contributed by atoms with Gasteiger partial charge >= 0.3 is 0 Å². The fourth-order valence-corrected chi connectivity index (χ4v) is 2.32. The van der Waals surface area contributed by atoms with Gasteiger partial charge in [-0.3, -0.25) is 0 Å². The maximum Gasteiger partial charge on any atom is 0.0658 e. The van der Waals surface area contributed by atoms with E-state index < -0.39 is 0 Å². The van der Waals surface area contributed by atoms with Crippen LogP contribution in [0.25, 0.3) is 0 Å². The average Bonchev–Trinajstić information content (AvgIpc) is 2.46. The van der Waals surface area contributed by atoms with E-state index in [1.807, 2.05) is 0 Å². The van der Waals surface area contributed by atoms with Gasteiger partial charge in [-0.05, 0) is 30.6 Å². The van der Waals surface area contributed by atoms with Gasteiger partial charge in [-0.2, -0.15) is 5.26 Å². The van der Waals surface area contributed by atoms with E-state index in [1.165, 1.54) is 12.8 Å². The largest absolute Gasteiger partial charge is 0.198 e. The van der Waals surface area contributed by atoms with Gasteiger partial charge in [0.1, 0.15) is 0 Å². The van der Waals surface area contributed by atoms with E-state index in [9.17, 15) is 0 Å². The molecule has 68 valence electrons. The minimum Gasteiger partial charge on any atom is -0.198 e. The maximum absolute atomic E-state index is 8.92. The predicted octanol–water partition coefficient (Wildman–Crippen LogP) is 3.22. The van der Waals surface area contributed by atoms with Crippen LogP contribution in [0.4, 0.5) is 0 Å². The number of nitriles is 1. The number of nitrogens with zero attached hydrogens (tertiary/aromatic N) is 1. The predicted molar refractivity (Wildman–Crippen MR) is 50.4 cm³/mol. The van der Waals surface area contributed by atoms with E-state index in [1.54, 1.807) is 0 Å². The summed E-state index contributed by atoms with van der Waals surface area (Å²) < 4.78 is 0. The highest BCUT2D eigenvalue weighted by molar-refractivity contribution is 4.95. The van der Waals surface area contributed by atoms with E-state index in [-0.39, 0.29) is 0 Å². The van der Waals surface area contributed by atoms with Gasteiger partial charge in [0.2, 0.25) is 0 Å². The number of hydrogen-bond acceptors (Lipinski definition) is 1. The Morgan fingerprint density at radius 2 is 2.08 bits per heavy atom. The lowest BCUT2D eigenvalue weighted by Crippen LogP contribution is -2.03. The highest BCUT2D eigenvalue weighted by atomic mass is 14.4. The second kappa shape index (κ2) is 3.94. The molecule has 1 saturated carbocycles. The highest BCUT2D eigenvalue weighted by Crippen LogP contribution is 2.41. The van der Waals surface area contributed by atoms with Gasteiger partial charge < -0.3 is 0 Å². The molecule has 1 aliphatic rings. The molecule has 0 bridgehead atoms. The van der Waals surface area contributed by atoms with Crippen LogP contribution in [0.15, 0.2) is 0 Å². The molecule has 1 heteroatoms. The third kappa shape index (κ3) is 1.80. The lowest BCUT2D eigenvalue weighted by Gasteiger charge is -2.13. The Kier molecular flexibility index (Phi) is 3.14. The monoisotopic (exact) mass is 165 g/mol. The van der Waals surface area contributed by atoms with Crippen molar-refractivity contribution in [3.05, 3.63) is 0 Å². The third-order valence-corrected chi connectivity index (χ3v) is 3.36. The zero-order valence-electron chi connectivity index (χ0n) is 8.38. The molecule has 3 unspecified atom stereocenters. The van der Waals surface area contributed by atoms with E-state index in [0.717, 1.165) is 18.3 Å². The lowest BCUT2D eigenvalue weighted by molar-refractivity contribution is 0.376. The van der Waals surface area contributed by atoms with Crippen LogP contribution in [-0.2, 0) is 0 Å². The minimum atomic E-state index is 0.349. The van der Waals surface area contributed by atoms with Crippen molar-refractivity contribution in [3.8, 4) is 6.07 Å². The SMILES string of the molecule is CCC1CC(C(C)C)CC1C#N. The first-order valence-corrected chi connectivity index (χ1v) is 5.08. The van der Waals surface area contributed by atoms with Gasteiger partial charge in [0.05, 0.1) is 6.07 Å². The Bertz CT molecular complexity index is 178. The van der Waals surface area contributed by atoms with Crippen LogP contribution >= 0.6 is 0 Å². The van der Waals surface area contributed by atoms with E-state index >= 15 is 0 Å². The van der Waals surface area contributed by atoms with Crippen molar-refractivity contribution in [2.45, 2.75) is 40.0 Å². The minimum absolute atomic E-state index is 0.349. The maximum atomic E-state index is 8.92. The van der Waals surface area contributed by atoms with Gasteiger partial charge in [0.15, 0.2) is 0 Å². The molecule has 0 aromatic heterocycles. The summed E-state index contributed by atoms with van der Waals surface area (Å²) in [6, 6.07) is 2.45. The van der Waals surface area contributed by atoms with Crippen LogP contribution in [0.5, 0.6) is 0 Å². The molecule has 0 saturated heterocycles. The fourth-order valence-electron chi connectivity index (χ4n) is 2.32. The second-order valence-electron chi connectivity index (χ2n) is 4.38. The molecule has 0 aromatic rings. The van der Waals surface area contributed by atoms with Crippen molar-refractivity contribution < 1.29 is 0 Å². The zero-order chi connectivity index (χ0) is 9.14. The first-order chi connectivity index (χ1) is 5.69. The Morgan fingerprint density at radius 1 is 1.42 bits per heavy atom. The van der Waals surface area contributed by atoms with Crippen LogP contribution < -0.4 is 0 Å². The first kappa shape index (κ1) is 9.58. The summed E-state index contributed by atoms with van der Waals surface area (Å²) in [5, 5.41) is 8.92. The highest BCUT2D eigenvalue weighted by Gasteiger charge is 2.34. The average molecular weight is 165 g/mol. The number of rotatable bonds is 2. The van der Waals surface area contributed by atoms with Crippen LogP contribution in [0.3, 0.4) is 0 Å². The summed E-state index contributed by atoms with van der Waals surface area (Å²) in [7, 11) is 0. The Morgan fingerprint density at radius 3 is 2.42 bits per heavy atom. The van der Waals surface area contributed by atoms with Crippen LogP contribution in [0, 0.1) is 35.0 Å². The van der Waals surface area contributed by atoms with Gasteiger partial charge in [0, 0.05) is 5.92 Å². The van der Waals surface area contributed by atoms with Crippen molar-refractivity contribution in [3.63, 3.8) is 0 Å². The van der Waals surface area contributed by atoms with Gasteiger partial charge in [-0.1, -0.05) is 27.2 Å². The molecular weight excluding hydrogens is 146 g/mol. The normalized spacial score (nSPS) is 35.4. The lowest BCUT2D eigenvalue weighted by atomic mass is 9.93. The summed E-state index contributed by atoms with van der Waals surface area (Å²) in [6.07, 6.45) is 3.61. The molecule has 0 radical (unpaired) electrons.